The first-order valence-corrected chi connectivity index (χ1v) is 8.31. The third kappa shape index (κ3) is 3.89. The summed E-state index contributed by atoms with van der Waals surface area (Å²) in [5, 5.41) is 0. The van der Waals surface area contributed by atoms with Crippen molar-refractivity contribution in [2.45, 2.75) is 31.7 Å². The van der Waals surface area contributed by atoms with Crippen LogP contribution in [0.1, 0.15) is 25.7 Å². The van der Waals surface area contributed by atoms with Crippen LogP contribution in [-0.2, 0) is 0 Å². The lowest BCUT2D eigenvalue weighted by Gasteiger charge is -2.32. The van der Waals surface area contributed by atoms with Crippen LogP contribution in [0.4, 0.5) is 0 Å². The van der Waals surface area contributed by atoms with Crippen molar-refractivity contribution in [1.82, 2.24) is 4.90 Å². The first kappa shape index (κ1) is 15.1. The molecular formula is C20H25NO. The number of nitrogens with zero attached hydrogens (tertiary/aromatic N) is 1. The van der Waals surface area contributed by atoms with Gasteiger partial charge < -0.3 is 9.64 Å². The highest BCUT2D eigenvalue weighted by atomic mass is 16.5. The molecule has 2 aromatic rings. The average molecular weight is 295 g/mol. The second-order valence-corrected chi connectivity index (χ2v) is 6.16. The summed E-state index contributed by atoms with van der Waals surface area (Å²) in [6.45, 7) is 2.04. The average Bonchev–Trinajstić information content (AvgIpc) is 2.58. The van der Waals surface area contributed by atoms with E-state index in [1.807, 2.05) is 6.07 Å². The minimum absolute atomic E-state index is 0.692. The topological polar surface area (TPSA) is 12.5 Å². The van der Waals surface area contributed by atoms with Crippen molar-refractivity contribution in [3.63, 3.8) is 0 Å². The van der Waals surface area contributed by atoms with Gasteiger partial charge in [-0.3, -0.25) is 0 Å². The van der Waals surface area contributed by atoms with E-state index in [-0.39, 0.29) is 0 Å². The van der Waals surface area contributed by atoms with E-state index in [0.29, 0.717) is 6.04 Å². The standard InChI is InChI=1S/C20H25NO/c1-21-15-6-5-9-19(21)14-16-22-20-12-10-18(11-13-20)17-7-3-2-4-8-17/h2-4,7-8,10-13,19H,5-6,9,14-16H2,1H3/t19-/m0/s1. The Balaban J connectivity index is 1.51. The molecule has 0 unspecified atom stereocenters. The van der Waals surface area contributed by atoms with Crippen LogP contribution in [0.25, 0.3) is 11.1 Å². The second kappa shape index (κ2) is 7.46. The van der Waals surface area contributed by atoms with Crippen LogP contribution in [-0.4, -0.2) is 31.1 Å². The molecule has 2 heteroatoms. The van der Waals surface area contributed by atoms with Crippen molar-refractivity contribution in [2.75, 3.05) is 20.2 Å². The van der Waals surface area contributed by atoms with Gasteiger partial charge in [-0.05, 0) is 56.1 Å². The fourth-order valence-electron chi connectivity index (χ4n) is 3.20. The number of ether oxygens (including phenoxy) is 1. The number of hydrogen-bond donors (Lipinski definition) is 0. The van der Waals surface area contributed by atoms with E-state index >= 15 is 0 Å². The van der Waals surface area contributed by atoms with E-state index in [0.717, 1.165) is 18.8 Å². The maximum absolute atomic E-state index is 5.92. The van der Waals surface area contributed by atoms with Gasteiger partial charge in [0.1, 0.15) is 5.75 Å². The second-order valence-electron chi connectivity index (χ2n) is 6.16. The third-order valence-corrected chi connectivity index (χ3v) is 4.60. The first-order valence-electron chi connectivity index (χ1n) is 8.31. The van der Waals surface area contributed by atoms with Crippen molar-refractivity contribution in [3.8, 4) is 16.9 Å². The number of benzene rings is 2. The summed E-state index contributed by atoms with van der Waals surface area (Å²) in [4.78, 5) is 2.48. The molecule has 22 heavy (non-hydrogen) atoms. The van der Waals surface area contributed by atoms with Gasteiger partial charge in [0.05, 0.1) is 6.61 Å². The van der Waals surface area contributed by atoms with Gasteiger partial charge in [-0.15, -0.1) is 0 Å². The van der Waals surface area contributed by atoms with E-state index in [2.05, 4.69) is 60.5 Å². The van der Waals surface area contributed by atoms with E-state index < -0.39 is 0 Å². The number of likely N-dealkylation sites (tertiary alicyclic amines) is 1. The Kier molecular flexibility index (Phi) is 5.12. The zero-order valence-electron chi connectivity index (χ0n) is 13.4. The van der Waals surface area contributed by atoms with Crippen LogP contribution in [0.2, 0.25) is 0 Å². The fraction of sp³-hybridized carbons (Fsp3) is 0.400. The summed E-state index contributed by atoms with van der Waals surface area (Å²) in [6.07, 6.45) is 5.14. The maximum atomic E-state index is 5.92. The minimum Gasteiger partial charge on any atom is -0.494 e. The number of rotatable bonds is 5. The Bertz CT molecular complexity index is 564. The van der Waals surface area contributed by atoms with Gasteiger partial charge in [-0.25, -0.2) is 0 Å². The van der Waals surface area contributed by atoms with Crippen LogP contribution in [0.5, 0.6) is 5.75 Å². The fourth-order valence-corrected chi connectivity index (χ4v) is 3.20. The predicted molar refractivity (Wildman–Crippen MR) is 92.3 cm³/mol. The molecule has 1 atom stereocenters. The van der Waals surface area contributed by atoms with Gasteiger partial charge in [0, 0.05) is 6.04 Å². The molecule has 0 amide bonds. The van der Waals surface area contributed by atoms with Gasteiger partial charge >= 0.3 is 0 Å². The summed E-state index contributed by atoms with van der Waals surface area (Å²) in [6, 6.07) is 19.6. The van der Waals surface area contributed by atoms with Crippen molar-refractivity contribution in [1.29, 1.82) is 0 Å². The smallest absolute Gasteiger partial charge is 0.119 e. The Labute approximate surface area is 133 Å². The molecule has 0 saturated carbocycles. The SMILES string of the molecule is CN1CCCC[C@H]1CCOc1ccc(-c2ccccc2)cc1. The molecule has 0 spiro atoms. The predicted octanol–water partition coefficient (Wildman–Crippen LogP) is 4.61. The van der Waals surface area contributed by atoms with Gasteiger partial charge in [0.2, 0.25) is 0 Å². The molecule has 2 aromatic carbocycles. The highest BCUT2D eigenvalue weighted by Gasteiger charge is 2.18. The molecule has 1 aliphatic rings. The Morgan fingerprint density at radius 1 is 0.955 bits per heavy atom. The summed E-state index contributed by atoms with van der Waals surface area (Å²) < 4.78 is 5.92. The molecule has 1 saturated heterocycles. The number of piperidine rings is 1. The lowest BCUT2D eigenvalue weighted by molar-refractivity contribution is 0.153. The molecule has 0 radical (unpaired) electrons. The van der Waals surface area contributed by atoms with Gasteiger partial charge in [0.15, 0.2) is 0 Å². The molecule has 0 aromatic heterocycles. The summed E-state index contributed by atoms with van der Waals surface area (Å²) in [5.41, 5.74) is 2.48. The summed E-state index contributed by atoms with van der Waals surface area (Å²) in [5.74, 6) is 0.971. The lowest BCUT2D eigenvalue weighted by atomic mass is 10.0. The first-order chi connectivity index (χ1) is 10.8. The zero-order chi connectivity index (χ0) is 15.2. The molecule has 1 aliphatic heterocycles. The highest BCUT2D eigenvalue weighted by molar-refractivity contribution is 5.63. The molecule has 0 aliphatic carbocycles. The van der Waals surface area contributed by atoms with Crippen LogP contribution < -0.4 is 4.74 Å². The molecule has 0 bridgehead atoms. The zero-order valence-corrected chi connectivity index (χ0v) is 13.4. The van der Waals surface area contributed by atoms with Crippen molar-refractivity contribution in [3.05, 3.63) is 54.6 Å². The molecule has 0 N–H and O–H groups in total. The monoisotopic (exact) mass is 295 g/mol. The molecule has 116 valence electrons. The minimum atomic E-state index is 0.692. The van der Waals surface area contributed by atoms with Crippen LogP contribution in [0.3, 0.4) is 0 Å². The Morgan fingerprint density at radius 3 is 2.41 bits per heavy atom. The van der Waals surface area contributed by atoms with Gasteiger partial charge in [0.25, 0.3) is 0 Å². The van der Waals surface area contributed by atoms with Crippen molar-refractivity contribution >= 4 is 0 Å². The third-order valence-electron chi connectivity index (χ3n) is 4.60. The largest absolute Gasteiger partial charge is 0.494 e. The Morgan fingerprint density at radius 2 is 1.68 bits per heavy atom. The van der Waals surface area contributed by atoms with E-state index in [9.17, 15) is 0 Å². The van der Waals surface area contributed by atoms with Crippen LogP contribution in [0.15, 0.2) is 54.6 Å². The van der Waals surface area contributed by atoms with E-state index in [1.54, 1.807) is 0 Å². The molecule has 1 heterocycles. The molecule has 2 nitrogen and oxygen atoms in total. The van der Waals surface area contributed by atoms with Crippen molar-refractivity contribution in [2.24, 2.45) is 0 Å². The van der Waals surface area contributed by atoms with Crippen LogP contribution >= 0.6 is 0 Å². The normalized spacial score (nSPS) is 19.0. The Hall–Kier alpha value is -1.80. The lowest BCUT2D eigenvalue weighted by Crippen LogP contribution is -2.37. The van der Waals surface area contributed by atoms with E-state index in [1.165, 1.54) is 36.9 Å². The van der Waals surface area contributed by atoms with E-state index in [4.69, 9.17) is 4.74 Å². The molecule has 3 rings (SSSR count). The van der Waals surface area contributed by atoms with Crippen molar-refractivity contribution < 1.29 is 4.74 Å². The molecular weight excluding hydrogens is 270 g/mol. The maximum Gasteiger partial charge on any atom is 0.119 e. The van der Waals surface area contributed by atoms with Crippen LogP contribution in [0, 0.1) is 0 Å². The highest BCUT2D eigenvalue weighted by Crippen LogP contribution is 2.23. The summed E-state index contributed by atoms with van der Waals surface area (Å²) in [7, 11) is 2.23. The summed E-state index contributed by atoms with van der Waals surface area (Å²) >= 11 is 0. The quantitative estimate of drug-likeness (QED) is 0.799. The van der Waals surface area contributed by atoms with Gasteiger partial charge in [-0.1, -0.05) is 48.9 Å². The number of hydrogen-bond acceptors (Lipinski definition) is 2. The molecule has 1 fully saturated rings. The van der Waals surface area contributed by atoms with Gasteiger partial charge in [-0.2, -0.15) is 0 Å².